The van der Waals surface area contributed by atoms with Crippen molar-refractivity contribution in [2.75, 3.05) is 18.4 Å². The van der Waals surface area contributed by atoms with Gasteiger partial charge in [-0.25, -0.2) is 14.4 Å². The summed E-state index contributed by atoms with van der Waals surface area (Å²) in [6.07, 6.45) is 6.05. The monoisotopic (exact) mass is 459 g/mol. The average molecular weight is 460 g/mol. The fourth-order valence-corrected chi connectivity index (χ4v) is 4.78. The molecule has 2 aliphatic rings. The van der Waals surface area contributed by atoms with Crippen LogP contribution in [0.4, 0.5) is 10.3 Å². The number of benzene rings is 1. The number of carbonyl (C=O) groups excluding carboxylic acids is 2. The van der Waals surface area contributed by atoms with E-state index in [1.807, 2.05) is 0 Å². The smallest absolute Gasteiger partial charge is 0.253 e. The number of likely N-dealkylation sites (tertiary alicyclic amines) is 1. The highest BCUT2D eigenvalue weighted by molar-refractivity contribution is 6.31. The van der Waals surface area contributed by atoms with Crippen LogP contribution in [-0.4, -0.2) is 51.9 Å². The van der Waals surface area contributed by atoms with Crippen LogP contribution in [0.3, 0.4) is 0 Å². The van der Waals surface area contributed by atoms with Crippen LogP contribution in [0.1, 0.15) is 61.0 Å². The molecule has 1 saturated heterocycles. The summed E-state index contributed by atoms with van der Waals surface area (Å²) in [4.78, 5) is 34.8. The maximum absolute atomic E-state index is 13.2. The van der Waals surface area contributed by atoms with Gasteiger partial charge < -0.3 is 15.5 Å². The Morgan fingerprint density at radius 3 is 2.47 bits per heavy atom. The van der Waals surface area contributed by atoms with E-state index >= 15 is 0 Å². The molecule has 1 saturated carbocycles. The van der Waals surface area contributed by atoms with Gasteiger partial charge in [0, 0.05) is 43.6 Å². The molecule has 1 aliphatic carbocycles. The largest absolute Gasteiger partial charge is 0.354 e. The molecule has 9 heteroatoms. The van der Waals surface area contributed by atoms with Gasteiger partial charge in [-0.1, -0.05) is 11.6 Å². The number of halogens is 2. The van der Waals surface area contributed by atoms with E-state index in [-0.39, 0.29) is 35.6 Å². The van der Waals surface area contributed by atoms with Crippen molar-refractivity contribution in [3.8, 4) is 0 Å². The number of hydrogen-bond donors (Lipinski definition) is 2. The first-order valence-electron chi connectivity index (χ1n) is 11.0. The molecule has 170 valence electrons. The van der Waals surface area contributed by atoms with Crippen LogP contribution < -0.4 is 10.6 Å². The second-order valence-corrected chi connectivity index (χ2v) is 8.97. The SMILES string of the molecule is CC(=O)NC1CCC(Nc2ncc(Cl)c(C3CCN(C(=O)c4ccc(F)cc4)C3)n2)CC1. The second-order valence-electron chi connectivity index (χ2n) is 8.56. The molecule has 2 aromatic rings. The summed E-state index contributed by atoms with van der Waals surface area (Å²) in [5.41, 5.74) is 1.21. The van der Waals surface area contributed by atoms with E-state index in [9.17, 15) is 14.0 Å². The van der Waals surface area contributed by atoms with Gasteiger partial charge in [-0.15, -0.1) is 0 Å². The first-order valence-corrected chi connectivity index (χ1v) is 11.4. The van der Waals surface area contributed by atoms with Gasteiger partial charge in [0.05, 0.1) is 16.9 Å². The van der Waals surface area contributed by atoms with Crippen LogP contribution in [0.25, 0.3) is 0 Å². The zero-order valence-electron chi connectivity index (χ0n) is 18.0. The molecule has 0 radical (unpaired) electrons. The number of rotatable bonds is 5. The van der Waals surface area contributed by atoms with E-state index in [0.29, 0.717) is 29.6 Å². The van der Waals surface area contributed by atoms with Gasteiger partial charge in [0.1, 0.15) is 5.82 Å². The second kappa shape index (κ2) is 9.81. The van der Waals surface area contributed by atoms with Gasteiger partial charge in [0.15, 0.2) is 0 Å². The van der Waals surface area contributed by atoms with Crippen LogP contribution in [0.2, 0.25) is 5.02 Å². The van der Waals surface area contributed by atoms with Crippen molar-refractivity contribution < 1.29 is 14.0 Å². The number of nitrogens with zero attached hydrogens (tertiary/aromatic N) is 3. The minimum atomic E-state index is -0.364. The van der Waals surface area contributed by atoms with Gasteiger partial charge in [-0.05, 0) is 56.4 Å². The van der Waals surface area contributed by atoms with Crippen LogP contribution in [0.5, 0.6) is 0 Å². The zero-order chi connectivity index (χ0) is 22.7. The van der Waals surface area contributed by atoms with E-state index in [4.69, 9.17) is 11.6 Å². The molecule has 2 amide bonds. The van der Waals surface area contributed by atoms with Crippen molar-refractivity contribution in [1.29, 1.82) is 0 Å². The number of carbonyl (C=O) groups is 2. The van der Waals surface area contributed by atoms with Crippen molar-refractivity contribution in [2.24, 2.45) is 0 Å². The third-order valence-corrected chi connectivity index (χ3v) is 6.48. The minimum absolute atomic E-state index is 0.00982. The molecular formula is C23H27ClFN5O2. The number of anilines is 1. The van der Waals surface area contributed by atoms with E-state index in [2.05, 4.69) is 20.6 Å². The molecule has 2 heterocycles. The van der Waals surface area contributed by atoms with Crippen molar-refractivity contribution >= 4 is 29.4 Å². The molecule has 2 N–H and O–H groups in total. The van der Waals surface area contributed by atoms with Crippen molar-refractivity contribution in [3.05, 3.63) is 52.6 Å². The lowest BCUT2D eigenvalue weighted by Crippen LogP contribution is -2.39. The summed E-state index contributed by atoms with van der Waals surface area (Å²) in [6, 6.07) is 6.08. The predicted molar refractivity (Wildman–Crippen MR) is 120 cm³/mol. The van der Waals surface area contributed by atoms with Gasteiger partial charge in [0.2, 0.25) is 11.9 Å². The Balaban J connectivity index is 1.37. The number of hydrogen-bond acceptors (Lipinski definition) is 5. The topological polar surface area (TPSA) is 87.2 Å². The van der Waals surface area contributed by atoms with Crippen molar-refractivity contribution in [1.82, 2.24) is 20.2 Å². The molecule has 1 atom stereocenters. The summed E-state index contributed by atoms with van der Waals surface area (Å²) in [5, 5.41) is 6.87. The molecule has 0 spiro atoms. The minimum Gasteiger partial charge on any atom is -0.354 e. The Kier molecular flexibility index (Phi) is 6.89. The Labute approximate surface area is 191 Å². The third kappa shape index (κ3) is 5.35. The predicted octanol–water partition coefficient (Wildman–Crippen LogP) is 3.76. The number of nitrogens with one attached hydrogen (secondary N) is 2. The quantitative estimate of drug-likeness (QED) is 0.710. The molecular weight excluding hydrogens is 433 g/mol. The lowest BCUT2D eigenvalue weighted by molar-refractivity contribution is -0.119. The van der Waals surface area contributed by atoms with Crippen LogP contribution >= 0.6 is 11.6 Å². The first kappa shape index (κ1) is 22.5. The molecule has 4 rings (SSSR count). The van der Waals surface area contributed by atoms with Gasteiger partial charge in [0.25, 0.3) is 5.91 Å². The van der Waals surface area contributed by atoms with Crippen molar-refractivity contribution in [2.45, 2.75) is 57.0 Å². The molecule has 2 fully saturated rings. The highest BCUT2D eigenvalue weighted by Crippen LogP contribution is 2.32. The molecule has 0 bridgehead atoms. The molecule has 7 nitrogen and oxygen atoms in total. The highest BCUT2D eigenvalue weighted by Gasteiger charge is 2.31. The van der Waals surface area contributed by atoms with E-state index in [1.165, 1.54) is 24.3 Å². The van der Waals surface area contributed by atoms with Crippen LogP contribution in [-0.2, 0) is 4.79 Å². The molecule has 32 heavy (non-hydrogen) atoms. The molecule has 1 unspecified atom stereocenters. The summed E-state index contributed by atoms with van der Waals surface area (Å²) in [6.45, 7) is 2.65. The molecule has 1 aromatic carbocycles. The fourth-order valence-electron chi connectivity index (χ4n) is 4.53. The van der Waals surface area contributed by atoms with Crippen LogP contribution in [0.15, 0.2) is 30.5 Å². The maximum Gasteiger partial charge on any atom is 0.253 e. The van der Waals surface area contributed by atoms with Crippen molar-refractivity contribution in [3.63, 3.8) is 0 Å². The lowest BCUT2D eigenvalue weighted by Gasteiger charge is -2.29. The lowest BCUT2D eigenvalue weighted by atomic mass is 9.91. The Morgan fingerprint density at radius 1 is 1.09 bits per heavy atom. The summed E-state index contributed by atoms with van der Waals surface area (Å²) in [7, 11) is 0. The number of amides is 2. The fraction of sp³-hybridized carbons (Fsp3) is 0.478. The maximum atomic E-state index is 13.2. The average Bonchev–Trinajstić information content (AvgIpc) is 3.26. The Hall–Kier alpha value is -2.74. The molecule has 1 aromatic heterocycles. The summed E-state index contributed by atoms with van der Waals surface area (Å²) >= 11 is 6.41. The summed E-state index contributed by atoms with van der Waals surface area (Å²) in [5.74, 6) is 0.0847. The summed E-state index contributed by atoms with van der Waals surface area (Å²) < 4.78 is 13.2. The van der Waals surface area contributed by atoms with Gasteiger partial charge in [-0.3, -0.25) is 9.59 Å². The Bertz CT molecular complexity index is 979. The first-order chi connectivity index (χ1) is 15.4. The third-order valence-electron chi connectivity index (χ3n) is 6.19. The standard InChI is InChI=1S/C23H27ClFN5O2/c1-14(31)27-18-6-8-19(9-7-18)28-23-26-12-20(24)21(29-23)16-10-11-30(13-16)22(32)15-2-4-17(25)5-3-15/h2-5,12,16,18-19H,6-11,13H2,1H3,(H,27,31)(H,26,28,29). The van der Waals surface area contributed by atoms with Gasteiger partial charge >= 0.3 is 0 Å². The van der Waals surface area contributed by atoms with Crippen LogP contribution in [0, 0.1) is 5.82 Å². The van der Waals surface area contributed by atoms with E-state index < -0.39 is 0 Å². The molecule has 1 aliphatic heterocycles. The van der Waals surface area contributed by atoms with E-state index in [0.717, 1.165) is 37.8 Å². The zero-order valence-corrected chi connectivity index (χ0v) is 18.7. The van der Waals surface area contributed by atoms with E-state index in [1.54, 1.807) is 18.0 Å². The normalized spacial score (nSPS) is 23.1. The number of aromatic nitrogens is 2. The Morgan fingerprint density at radius 2 is 1.78 bits per heavy atom. The van der Waals surface area contributed by atoms with Gasteiger partial charge in [-0.2, -0.15) is 0 Å². The highest BCUT2D eigenvalue weighted by atomic mass is 35.5.